The zero-order chi connectivity index (χ0) is 13.1. The molecule has 3 aliphatic rings. The number of benzene rings is 1. The van der Waals surface area contributed by atoms with E-state index < -0.39 is 0 Å². The van der Waals surface area contributed by atoms with Gasteiger partial charge in [-0.3, -0.25) is 0 Å². The van der Waals surface area contributed by atoms with Crippen LogP contribution < -0.4 is 10.6 Å². The van der Waals surface area contributed by atoms with E-state index in [0.29, 0.717) is 6.04 Å². The number of anilines is 1. The zero-order valence-electron chi connectivity index (χ0n) is 11.2. The number of hydrogen-bond donors (Lipinski definition) is 2. The third-order valence-electron chi connectivity index (χ3n) is 4.34. The molecule has 0 spiro atoms. The number of piperidine rings is 3. The van der Waals surface area contributed by atoms with Crippen LogP contribution in [-0.2, 0) is 0 Å². The van der Waals surface area contributed by atoms with Gasteiger partial charge in [0.25, 0.3) is 0 Å². The number of nitrogens with one attached hydrogen (secondary N) is 2. The number of hydrogen-bond acceptors (Lipinski definition) is 3. The molecule has 2 N–H and O–H groups in total. The van der Waals surface area contributed by atoms with E-state index in [4.69, 9.17) is 0 Å². The molecule has 3 saturated heterocycles. The largest absolute Gasteiger partial charge is 0.384 e. The summed E-state index contributed by atoms with van der Waals surface area (Å²) in [4.78, 5) is 2.60. The lowest BCUT2D eigenvalue weighted by atomic mass is 9.84. The molecule has 3 nitrogen and oxygen atoms in total. The number of halogens is 1. The van der Waals surface area contributed by atoms with Crippen LogP contribution in [0.25, 0.3) is 0 Å². The highest BCUT2D eigenvalue weighted by Crippen LogP contribution is 2.27. The topological polar surface area (TPSA) is 27.3 Å². The molecule has 3 heterocycles. The van der Waals surface area contributed by atoms with Gasteiger partial charge in [-0.15, -0.1) is 0 Å². The Hall–Kier alpha value is -0.580. The highest BCUT2D eigenvalue weighted by Gasteiger charge is 2.33. The van der Waals surface area contributed by atoms with Crippen LogP contribution >= 0.6 is 15.9 Å². The number of nitrogens with zero attached hydrogens (tertiary/aromatic N) is 1. The van der Waals surface area contributed by atoms with E-state index >= 15 is 0 Å². The molecule has 4 rings (SSSR count). The summed E-state index contributed by atoms with van der Waals surface area (Å²) in [6.07, 6.45) is 2.77. The van der Waals surface area contributed by atoms with Gasteiger partial charge >= 0.3 is 0 Å². The Kier molecular flexibility index (Phi) is 4.41. The van der Waals surface area contributed by atoms with Crippen molar-refractivity contribution in [2.45, 2.75) is 18.9 Å². The van der Waals surface area contributed by atoms with Crippen molar-refractivity contribution in [3.63, 3.8) is 0 Å². The van der Waals surface area contributed by atoms with Gasteiger partial charge in [0.15, 0.2) is 0 Å². The summed E-state index contributed by atoms with van der Waals surface area (Å²) >= 11 is 3.49. The molecule has 0 amide bonds. The van der Waals surface area contributed by atoms with Gasteiger partial charge in [-0.2, -0.15) is 0 Å². The minimum atomic E-state index is 0.715. The fraction of sp³-hybridized carbons (Fsp3) is 0.600. The van der Waals surface area contributed by atoms with Crippen molar-refractivity contribution in [1.82, 2.24) is 10.2 Å². The number of rotatable bonds is 5. The van der Waals surface area contributed by atoms with E-state index in [9.17, 15) is 0 Å². The fourth-order valence-corrected chi connectivity index (χ4v) is 3.66. The van der Waals surface area contributed by atoms with Crippen molar-refractivity contribution < 1.29 is 0 Å². The smallest absolute Gasteiger partial charge is 0.0351 e. The van der Waals surface area contributed by atoms with Crippen LogP contribution in [0.5, 0.6) is 0 Å². The quantitative estimate of drug-likeness (QED) is 0.815. The molecule has 0 radical (unpaired) electrons. The van der Waals surface area contributed by atoms with Crippen molar-refractivity contribution in [2.75, 3.05) is 38.0 Å². The van der Waals surface area contributed by atoms with Gasteiger partial charge in [0.2, 0.25) is 0 Å². The third kappa shape index (κ3) is 3.50. The van der Waals surface area contributed by atoms with Gasteiger partial charge in [0, 0.05) is 35.8 Å². The van der Waals surface area contributed by atoms with Gasteiger partial charge in [-0.05, 0) is 50.0 Å². The fourth-order valence-electron chi connectivity index (χ4n) is 3.26. The predicted molar refractivity (Wildman–Crippen MR) is 83.6 cm³/mol. The van der Waals surface area contributed by atoms with E-state index in [1.165, 1.54) is 38.2 Å². The first-order valence-electron chi connectivity index (χ1n) is 7.26. The summed E-state index contributed by atoms with van der Waals surface area (Å²) in [7, 11) is 0. The second-order valence-corrected chi connectivity index (χ2v) is 6.55. The maximum atomic E-state index is 3.72. The van der Waals surface area contributed by atoms with Crippen molar-refractivity contribution in [3.05, 3.63) is 28.7 Å². The maximum Gasteiger partial charge on any atom is 0.0351 e. The molecule has 2 bridgehead atoms. The van der Waals surface area contributed by atoms with Crippen LogP contribution in [0.1, 0.15) is 12.8 Å². The Balaban J connectivity index is 1.39. The molecule has 19 heavy (non-hydrogen) atoms. The van der Waals surface area contributed by atoms with Gasteiger partial charge < -0.3 is 15.5 Å². The molecule has 104 valence electrons. The molecule has 1 unspecified atom stereocenters. The molecule has 4 heteroatoms. The molecular formula is C15H22BrN3. The third-order valence-corrected chi connectivity index (χ3v) is 4.83. The van der Waals surface area contributed by atoms with Crippen molar-refractivity contribution in [3.8, 4) is 0 Å². The van der Waals surface area contributed by atoms with Gasteiger partial charge in [-0.25, -0.2) is 0 Å². The van der Waals surface area contributed by atoms with Crippen molar-refractivity contribution in [1.29, 1.82) is 0 Å². The molecule has 3 aliphatic heterocycles. The van der Waals surface area contributed by atoms with Gasteiger partial charge in [0.1, 0.15) is 0 Å². The summed E-state index contributed by atoms with van der Waals surface area (Å²) in [5.74, 6) is 0.913. The summed E-state index contributed by atoms with van der Waals surface area (Å²) in [5, 5.41) is 7.19. The maximum absolute atomic E-state index is 3.72. The lowest BCUT2D eigenvalue weighted by Gasteiger charge is -2.45. The first-order chi connectivity index (χ1) is 9.31. The minimum Gasteiger partial charge on any atom is -0.384 e. The molecular weight excluding hydrogens is 302 g/mol. The van der Waals surface area contributed by atoms with Crippen LogP contribution in [0.3, 0.4) is 0 Å². The normalized spacial score (nSPS) is 29.4. The average molecular weight is 324 g/mol. The van der Waals surface area contributed by atoms with E-state index in [2.05, 4.69) is 55.7 Å². The van der Waals surface area contributed by atoms with Crippen LogP contribution in [0.2, 0.25) is 0 Å². The molecule has 1 aromatic rings. The molecule has 3 fully saturated rings. The second-order valence-electron chi connectivity index (χ2n) is 5.64. The lowest BCUT2D eigenvalue weighted by Crippen LogP contribution is -2.56. The molecule has 0 saturated carbocycles. The first kappa shape index (κ1) is 13.4. The highest BCUT2D eigenvalue weighted by atomic mass is 79.9. The van der Waals surface area contributed by atoms with Crippen LogP contribution in [0, 0.1) is 5.92 Å². The summed E-state index contributed by atoms with van der Waals surface area (Å²) < 4.78 is 1.13. The van der Waals surface area contributed by atoms with E-state index in [1.807, 2.05) is 0 Å². The Morgan fingerprint density at radius 2 is 2.05 bits per heavy atom. The zero-order valence-corrected chi connectivity index (χ0v) is 12.8. The average Bonchev–Trinajstić information content (AvgIpc) is 2.45. The first-order valence-corrected chi connectivity index (χ1v) is 8.06. The van der Waals surface area contributed by atoms with E-state index in [-0.39, 0.29) is 0 Å². The van der Waals surface area contributed by atoms with E-state index in [1.54, 1.807) is 0 Å². The Morgan fingerprint density at radius 3 is 2.74 bits per heavy atom. The van der Waals surface area contributed by atoms with Crippen molar-refractivity contribution in [2.24, 2.45) is 5.92 Å². The summed E-state index contributed by atoms with van der Waals surface area (Å²) in [6, 6.07) is 9.06. The Labute approximate surface area is 123 Å². The number of fused-ring (bicyclic) bond motifs is 3. The summed E-state index contributed by atoms with van der Waals surface area (Å²) in [5.41, 5.74) is 1.19. The Morgan fingerprint density at radius 1 is 1.21 bits per heavy atom. The standard InChI is InChI=1S/C15H22BrN3/c16-13-2-1-3-14(10-13)17-6-7-18-15-11-19-8-4-12(15)5-9-19/h1-3,10,12,15,17-18H,4-9,11H2. The second kappa shape index (κ2) is 6.25. The summed E-state index contributed by atoms with van der Waals surface area (Å²) in [6.45, 7) is 5.92. The van der Waals surface area contributed by atoms with Crippen LogP contribution in [-0.4, -0.2) is 43.7 Å². The molecule has 0 aromatic heterocycles. The van der Waals surface area contributed by atoms with E-state index in [0.717, 1.165) is 23.5 Å². The van der Waals surface area contributed by atoms with Gasteiger partial charge in [0.05, 0.1) is 0 Å². The molecule has 1 atom stereocenters. The lowest BCUT2D eigenvalue weighted by molar-refractivity contribution is 0.0735. The van der Waals surface area contributed by atoms with Crippen molar-refractivity contribution >= 4 is 21.6 Å². The van der Waals surface area contributed by atoms with Crippen LogP contribution in [0.15, 0.2) is 28.7 Å². The molecule has 0 aliphatic carbocycles. The minimum absolute atomic E-state index is 0.715. The molecule has 1 aromatic carbocycles. The van der Waals surface area contributed by atoms with Gasteiger partial charge in [-0.1, -0.05) is 22.0 Å². The Bertz CT molecular complexity index is 416. The monoisotopic (exact) mass is 323 g/mol. The SMILES string of the molecule is Brc1cccc(NCCNC2CN3CCC2CC3)c1. The predicted octanol–water partition coefficient (Wildman–Crippen LogP) is 2.54. The van der Waals surface area contributed by atoms with Crippen LogP contribution in [0.4, 0.5) is 5.69 Å². The highest BCUT2D eigenvalue weighted by molar-refractivity contribution is 9.10.